The quantitative estimate of drug-likeness (QED) is 0.501. The molecule has 1 atom stereocenters. The lowest BCUT2D eigenvalue weighted by molar-refractivity contribution is 0.850. The summed E-state index contributed by atoms with van der Waals surface area (Å²) in [6.45, 7) is 0. The van der Waals surface area contributed by atoms with Crippen molar-refractivity contribution in [1.29, 1.82) is 0 Å². The molecular weight excluding hydrogens is 243 g/mol. The van der Waals surface area contributed by atoms with Crippen LogP contribution in [0.5, 0.6) is 0 Å². The second kappa shape index (κ2) is 2.99. The molecule has 1 aliphatic heterocycles. The monoisotopic (exact) mass is 258 g/mol. The molecule has 1 fully saturated rings. The van der Waals surface area contributed by atoms with E-state index in [0.29, 0.717) is 0 Å². The Balaban J connectivity index is 2.52. The summed E-state index contributed by atoms with van der Waals surface area (Å²) < 4.78 is 1.39. The fourth-order valence-corrected chi connectivity index (χ4v) is 7.17. The molecule has 1 rings (SSSR count). The van der Waals surface area contributed by atoms with Gasteiger partial charge in [0.1, 0.15) is 0 Å². The molecular formula is C7H15IS. The molecule has 1 saturated heterocycles. The number of rotatable bonds is 1. The fraction of sp³-hybridized carbons (Fsp3) is 1.00. The van der Waals surface area contributed by atoms with Crippen LogP contribution in [0.1, 0.15) is 12.8 Å². The maximum absolute atomic E-state index is 2.54. The molecule has 0 nitrogen and oxygen atoms in total. The first-order valence-electron chi connectivity index (χ1n) is 3.42. The molecule has 0 radical (unpaired) electrons. The molecule has 1 heterocycles. The molecule has 0 saturated carbocycles. The standard InChI is InChI=1S/C7H15IS/c1-9(2)5-3-4-7(9)6-8/h7H,3-6H2,1-2H3. The van der Waals surface area contributed by atoms with E-state index in [9.17, 15) is 0 Å². The summed E-state index contributed by atoms with van der Waals surface area (Å²) in [5, 5.41) is 1.08. The van der Waals surface area contributed by atoms with Crippen LogP contribution in [0.25, 0.3) is 0 Å². The summed E-state index contributed by atoms with van der Waals surface area (Å²) in [6, 6.07) is 0. The van der Waals surface area contributed by atoms with Crippen LogP contribution < -0.4 is 0 Å². The third-order valence-electron chi connectivity index (χ3n) is 2.27. The molecule has 0 amide bonds. The Morgan fingerprint density at radius 2 is 2.22 bits per heavy atom. The van der Waals surface area contributed by atoms with E-state index in [1.54, 1.807) is 0 Å². The number of halogens is 1. The lowest BCUT2D eigenvalue weighted by atomic mass is 10.3. The summed E-state index contributed by atoms with van der Waals surface area (Å²) in [7, 11) is -0.145. The van der Waals surface area contributed by atoms with Gasteiger partial charge in [-0.1, -0.05) is 22.6 Å². The van der Waals surface area contributed by atoms with E-state index in [1.165, 1.54) is 23.0 Å². The Labute approximate surface area is 73.2 Å². The average molecular weight is 258 g/mol. The van der Waals surface area contributed by atoms with Crippen molar-refractivity contribution in [2.24, 2.45) is 0 Å². The molecule has 0 spiro atoms. The predicted octanol–water partition coefficient (Wildman–Crippen LogP) is 2.65. The van der Waals surface area contributed by atoms with Gasteiger partial charge in [-0.25, -0.2) is 10.0 Å². The van der Waals surface area contributed by atoms with Gasteiger partial charge in [-0.05, 0) is 36.4 Å². The summed E-state index contributed by atoms with van der Waals surface area (Å²) in [5.74, 6) is 1.53. The van der Waals surface area contributed by atoms with Crippen LogP contribution in [0, 0.1) is 0 Å². The van der Waals surface area contributed by atoms with Crippen LogP contribution >= 0.6 is 32.6 Å². The largest absolute Gasteiger partial charge is 0.243 e. The minimum Gasteiger partial charge on any atom is -0.243 e. The van der Waals surface area contributed by atoms with Crippen molar-refractivity contribution in [3.05, 3.63) is 0 Å². The van der Waals surface area contributed by atoms with Crippen molar-refractivity contribution in [1.82, 2.24) is 0 Å². The highest BCUT2D eigenvalue weighted by molar-refractivity contribution is 14.1. The van der Waals surface area contributed by atoms with Gasteiger partial charge in [-0.15, -0.1) is 0 Å². The second-order valence-corrected chi connectivity index (χ2v) is 8.45. The molecule has 0 aromatic rings. The minimum absolute atomic E-state index is 0.145. The summed E-state index contributed by atoms with van der Waals surface area (Å²) >= 11 is 2.54. The van der Waals surface area contributed by atoms with Gasteiger partial charge in [0.25, 0.3) is 0 Å². The van der Waals surface area contributed by atoms with Crippen molar-refractivity contribution in [2.75, 3.05) is 22.7 Å². The first-order valence-corrected chi connectivity index (χ1v) is 7.63. The summed E-state index contributed by atoms with van der Waals surface area (Å²) in [6.07, 6.45) is 7.98. The summed E-state index contributed by atoms with van der Waals surface area (Å²) in [4.78, 5) is 0. The first kappa shape index (κ1) is 8.18. The lowest BCUT2D eigenvalue weighted by Crippen LogP contribution is -2.12. The minimum atomic E-state index is -0.145. The van der Waals surface area contributed by atoms with E-state index < -0.39 is 0 Å². The first-order chi connectivity index (χ1) is 4.17. The van der Waals surface area contributed by atoms with E-state index in [1.807, 2.05) is 0 Å². The molecule has 0 bridgehead atoms. The molecule has 1 aliphatic rings. The van der Waals surface area contributed by atoms with E-state index in [0.717, 1.165) is 5.25 Å². The van der Waals surface area contributed by atoms with Crippen molar-refractivity contribution >= 4 is 32.6 Å². The third-order valence-corrected chi connectivity index (χ3v) is 7.48. The Morgan fingerprint density at radius 3 is 2.44 bits per heavy atom. The number of alkyl halides is 1. The zero-order valence-corrected chi connectivity index (χ0v) is 9.17. The zero-order chi connectivity index (χ0) is 6.91. The Bertz CT molecular complexity index is 101. The fourth-order valence-electron chi connectivity index (χ4n) is 1.42. The van der Waals surface area contributed by atoms with Gasteiger partial charge in [0.15, 0.2) is 0 Å². The van der Waals surface area contributed by atoms with Crippen molar-refractivity contribution < 1.29 is 0 Å². The molecule has 0 N–H and O–H groups in total. The van der Waals surface area contributed by atoms with E-state index in [4.69, 9.17) is 0 Å². The Morgan fingerprint density at radius 1 is 1.56 bits per heavy atom. The predicted molar refractivity (Wildman–Crippen MR) is 56.2 cm³/mol. The van der Waals surface area contributed by atoms with E-state index in [-0.39, 0.29) is 10.0 Å². The van der Waals surface area contributed by atoms with Crippen molar-refractivity contribution in [3.63, 3.8) is 0 Å². The van der Waals surface area contributed by atoms with Gasteiger partial charge in [-0.3, -0.25) is 0 Å². The van der Waals surface area contributed by atoms with Crippen LogP contribution in [0.2, 0.25) is 0 Å². The molecule has 0 aliphatic carbocycles. The van der Waals surface area contributed by atoms with Crippen LogP contribution in [0.4, 0.5) is 0 Å². The highest BCUT2D eigenvalue weighted by Crippen LogP contribution is 2.53. The topological polar surface area (TPSA) is 0 Å². The average Bonchev–Trinajstić information content (AvgIpc) is 2.08. The molecule has 0 aromatic heterocycles. The second-order valence-electron chi connectivity index (χ2n) is 3.25. The van der Waals surface area contributed by atoms with Crippen LogP contribution in [-0.4, -0.2) is 27.9 Å². The van der Waals surface area contributed by atoms with Gasteiger partial charge in [0, 0.05) is 4.43 Å². The SMILES string of the molecule is CS1(C)CCCC1CI. The van der Waals surface area contributed by atoms with Gasteiger partial charge in [-0.2, -0.15) is 0 Å². The molecule has 1 unspecified atom stereocenters. The number of hydrogen-bond donors (Lipinski definition) is 0. The number of hydrogen-bond acceptors (Lipinski definition) is 0. The van der Waals surface area contributed by atoms with Crippen LogP contribution in [-0.2, 0) is 0 Å². The van der Waals surface area contributed by atoms with Crippen molar-refractivity contribution in [3.8, 4) is 0 Å². The molecule has 0 aromatic carbocycles. The third kappa shape index (κ3) is 1.76. The van der Waals surface area contributed by atoms with Gasteiger partial charge in [0.05, 0.1) is 0 Å². The van der Waals surface area contributed by atoms with E-state index >= 15 is 0 Å². The lowest BCUT2D eigenvalue weighted by Gasteiger charge is -2.31. The molecule has 2 heteroatoms. The molecule has 56 valence electrons. The highest BCUT2D eigenvalue weighted by Gasteiger charge is 2.28. The normalized spacial score (nSPS) is 36.6. The van der Waals surface area contributed by atoms with Crippen molar-refractivity contribution in [2.45, 2.75) is 18.1 Å². The molecule has 9 heavy (non-hydrogen) atoms. The van der Waals surface area contributed by atoms with Gasteiger partial charge >= 0.3 is 0 Å². The Hall–Kier alpha value is 1.08. The smallest absolute Gasteiger partial charge is 0.0100 e. The van der Waals surface area contributed by atoms with Crippen LogP contribution in [0.15, 0.2) is 0 Å². The zero-order valence-electron chi connectivity index (χ0n) is 6.19. The van der Waals surface area contributed by atoms with E-state index in [2.05, 4.69) is 35.1 Å². The summed E-state index contributed by atoms with van der Waals surface area (Å²) in [5.41, 5.74) is 0. The maximum atomic E-state index is 2.54. The Kier molecular flexibility index (Phi) is 2.72. The maximum Gasteiger partial charge on any atom is 0.0100 e. The van der Waals surface area contributed by atoms with Crippen LogP contribution in [0.3, 0.4) is 0 Å². The van der Waals surface area contributed by atoms with Gasteiger partial charge in [0.2, 0.25) is 0 Å². The van der Waals surface area contributed by atoms with Gasteiger partial charge < -0.3 is 0 Å². The highest BCUT2D eigenvalue weighted by atomic mass is 127.